The van der Waals surface area contributed by atoms with Crippen LogP contribution in [0.3, 0.4) is 0 Å². The van der Waals surface area contributed by atoms with E-state index >= 15 is 0 Å². The van der Waals surface area contributed by atoms with Crippen molar-refractivity contribution in [2.24, 2.45) is 0 Å². The largest absolute Gasteiger partial charge is 0.338 e. The van der Waals surface area contributed by atoms with Crippen molar-refractivity contribution in [2.45, 2.75) is 44.6 Å². The van der Waals surface area contributed by atoms with E-state index in [1.54, 1.807) is 0 Å². The fourth-order valence-electron chi connectivity index (χ4n) is 11.0. The first-order valence-electron chi connectivity index (χ1n) is 22.0. The monoisotopic (exact) mass is 782 g/mol. The predicted molar refractivity (Wildman–Crippen MR) is 260 cm³/mol. The maximum Gasteiger partial charge on any atom is 0.0540 e. The lowest BCUT2D eigenvalue weighted by Crippen LogP contribution is -2.32. The Hall–Kier alpha value is -7.16. The van der Waals surface area contributed by atoms with E-state index in [-0.39, 0.29) is 0 Å². The molecule has 1 unspecified atom stereocenters. The molecule has 292 valence electrons. The second-order valence-electron chi connectivity index (χ2n) is 17.2. The summed E-state index contributed by atoms with van der Waals surface area (Å²) in [6.45, 7) is 2.21. The Kier molecular flexibility index (Phi) is 8.52. The van der Waals surface area contributed by atoms with Gasteiger partial charge in [-0.05, 0) is 140 Å². The van der Waals surface area contributed by atoms with Gasteiger partial charge in [0.05, 0.1) is 5.69 Å². The summed E-state index contributed by atoms with van der Waals surface area (Å²) in [5, 5.41) is 10.0. The molecule has 0 spiro atoms. The minimum Gasteiger partial charge on any atom is -0.338 e. The lowest BCUT2D eigenvalue weighted by Gasteiger charge is -2.34. The second-order valence-corrected chi connectivity index (χ2v) is 17.2. The van der Waals surface area contributed by atoms with Crippen LogP contribution in [0.2, 0.25) is 0 Å². The maximum atomic E-state index is 2.64. The standard InChI is InChI=1S/C59H46N2/c1-39-29-36-53-54(37-39)58(42-31-30-40-15-5-6-16-41(40)38-42)51-21-7-8-22-52(51)59(53)50-25-13-24-47-46(50)23-14-28-55(47)60(43-17-3-2-4-18-43)44-32-34-45(35-33-44)61-56-26-11-9-19-48(56)49-20-10-12-27-57(49)61/h2-9,11,13-19,21-26,28-38,49,57H,10,12,20,27H2,1H3/t49?,57-/m1/s1. The summed E-state index contributed by atoms with van der Waals surface area (Å²) in [5.41, 5.74) is 13.9. The Labute approximate surface area is 358 Å². The first-order valence-corrected chi connectivity index (χ1v) is 22.0. The third kappa shape index (κ3) is 5.85. The highest BCUT2D eigenvalue weighted by molar-refractivity contribution is 6.24. The number of fused-ring (bicyclic) bond motifs is 7. The van der Waals surface area contributed by atoms with E-state index in [0.717, 1.165) is 17.1 Å². The molecule has 10 aromatic carbocycles. The Bertz CT molecular complexity index is 3290. The highest BCUT2D eigenvalue weighted by Crippen LogP contribution is 2.52. The van der Waals surface area contributed by atoms with E-state index in [2.05, 4.69) is 217 Å². The zero-order valence-electron chi connectivity index (χ0n) is 34.4. The van der Waals surface area contributed by atoms with E-state index in [0.29, 0.717) is 12.0 Å². The molecule has 1 heterocycles. The highest BCUT2D eigenvalue weighted by atomic mass is 15.2. The van der Waals surface area contributed by atoms with Gasteiger partial charge in [0.1, 0.15) is 0 Å². The summed E-state index contributed by atoms with van der Waals surface area (Å²) in [6, 6.07) is 75.3. The number of hydrogen-bond acceptors (Lipinski definition) is 2. The van der Waals surface area contributed by atoms with Gasteiger partial charge in [-0.2, -0.15) is 0 Å². The average Bonchev–Trinajstić information content (AvgIpc) is 3.65. The first kappa shape index (κ1) is 35.8. The number of aryl methyl sites for hydroxylation is 1. The summed E-state index contributed by atoms with van der Waals surface area (Å²) < 4.78 is 0. The van der Waals surface area contributed by atoms with Crippen molar-refractivity contribution in [1.29, 1.82) is 0 Å². The topological polar surface area (TPSA) is 6.48 Å². The number of rotatable bonds is 6. The van der Waals surface area contributed by atoms with Gasteiger partial charge in [0.25, 0.3) is 0 Å². The molecule has 12 rings (SSSR count). The molecule has 1 saturated carbocycles. The van der Waals surface area contributed by atoms with Gasteiger partial charge >= 0.3 is 0 Å². The summed E-state index contributed by atoms with van der Waals surface area (Å²) >= 11 is 0. The van der Waals surface area contributed by atoms with E-state index in [1.807, 2.05) is 0 Å². The molecule has 1 fully saturated rings. The van der Waals surface area contributed by atoms with Crippen molar-refractivity contribution >= 4 is 71.5 Å². The van der Waals surface area contributed by atoms with E-state index in [4.69, 9.17) is 0 Å². The Morgan fingerprint density at radius 1 is 0.459 bits per heavy atom. The van der Waals surface area contributed by atoms with E-state index < -0.39 is 0 Å². The molecule has 0 N–H and O–H groups in total. The molecule has 61 heavy (non-hydrogen) atoms. The van der Waals surface area contributed by atoms with Crippen molar-refractivity contribution in [1.82, 2.24) is 0 Å². The summed E-state index contributed by atoms with van der Waals surface area (Å²) in [7, 11) is 0. The average molecular weight is 783 g/mol. The molecule has 2 atom stereocenters. The maximum absolute atomic E-state index is 2.64. The van der Waals surface area contributed by atoms with Crippen LogP contribution >= 0.6 is 0 Å². The van der Waals surface area contributed by atoms with Gasteiger partial charge in [0.2, 0.25) is 0 Å². The zero-order valence-corrected chi connectivity index (χ0v) is 34.4. The summed E-state index contributed by atoms with van der Waals surface area (Å²) in [5.74, 6) is 0.614. The van der Waals surface area contributed by atoms with Crippen LogP contribution in [-0.4, -0.2) is 6.04 Å². The summed E-state index contributed by atoms with van der Waals surface area (Å²) in [4.78, 5) is 5.08. The van der Waals surface area contributed by atoms with Gasteiger partial charge in [0, 0.05) is 40.1 Å². The van der Waals surface area contributed by atoms with Crippen LogP contribution in [0.25, 0.3) is 65.3 Å². The Morgan fingerprint density at radius 3 is 2.00 bits per heavy atom. The first-order chi connectivity index (χ1) is 30.2. The fraction of sp³-hybridized carbons (Fsp3) is 0.119. The Balaban J connectivity index is 1.03. The van der Waals surface area contributed by atoms with Crippen LogP contribution in [0.4, 0.5) is 28.4 Å². The van der Waals surface area contributed by atoms with Gasteiger partial charge in [-0.15, -0.1) is 0 Å². The fourth-order valence-corrected chi connectivity index (χ4v) is 11.0. The molecule has 2 heteroatoms. The van der Waals surface area contributed by atoms with Gasteiger partial charge in [0.15, 0.2) is 0 Å². The van der Waals surface area contributed by atoms with Crippen molar-refractivity contribution in [2.75, 3.05) is 9.80 Å². The van der Waals surface area contributed by atoms with Crippen LogP contribution in [0.15, 0.2) is 200 Å². The van der Waals surface area contributed by atoms with Crippen molar-refractivity contribution in [3.05, 3.63) is 211 Å². The van der Waals surface area contributed by atoms with Crippen LogP contribution in [0, 0.1) is 6.92 Å². The minimum atomic E-state index is 0.524. The molecule has 0 aromatic heterocycles. The van der Waals surface area contributed by atoms with Crippen molar-refractivity contribution in [3.8, 4) is 22.3 Å². The molecule has 0 radical (unpaired) electrons. The Morgan fingerprint density at radius 2 is 1.13 bits per heavy atom. The van der Waals surface area contributed by atoms with Crippen LogP contribution < -0.4 is 9.80 Å². The number of para-hydroxylation sites is 2. The molecular formula is C59H46N2. The normalized spacial score (nSPS) is 16.0. The molecule has 1 aliphatic heterocycles. The molecule has 0 amide bonds. The van der Waals surface area contributed by atoms with E-state index in [9.17, 15) is 0 Å². The third-order valence-electron chi connectivity index (χ3n) is 13.7. The van der Waals surface area contributed by atoms with Crippen LogP contribution in [-0.2, 0) is 0 Å². The zero-order chi connectivity index (χ0) is 40.4. The summed E-state index contributed by atoms with van der Waals surface area (Å²) in [6.07, 6.45) is 5.14. The number of anilines is 5. The smallest absolute Gasteiger partial charge is 0.0540 e. The van der Waals surface area contributed by atoms with Crippen molar-refractivity contribution in [3.63, 3.8) is 0 Å². The molecule has 1 aliphatic carbocycles. The lowest BCUT2D eigenvalue weighted by molar-refractivity contribution is 0.402. The lowest BCUT2D eigenvalue weighted by atomic mass is 9.82. The quantitative estimate of drug-likeness (QED) is 0.155. The number of nitrogens with zero attached hydrogens (tertiary/aromatic N) is 2. The van der Waals surface area contributed by atoms with Crippen LogP contribution in [0.5, 0.6) is 0 Å². The third-order valence-corrected chi connectivity index (χ3v) is 13.7. The van der Waals surface area contributed by atoms with Gasteiger partial charge < -0.3 is 9.80 Å². The molecule has 2 aliphatic rings. The molecular weight excluding hydrogens is 737 g/mol. The van der Waals surface area contributed by atoms with Gasteiger partial charge in [-0.25, -0.2) is 0 Å². The molecule has 10 aromatic rings. The SMILES string of the molecule is Cc1ccc2c(-c3cccc4c(N(c5ccccc5)c5ccc(N6c7ccccc7C7CCCC[C@H]76)cc5)cccc34)c3ccccc3c(-c3ccc4ccccc4c3)c2c1. The highest BCUT2D eigenvalue weighted by Gasteiger charge is 2.40. The number of hydrogen-bond donors (Lipinski definition) is 0. The van der Waals surface area contributed by atoms with Crippen LogP contribution in [0.1, 0.15) is 42.7 Å². The second kappa shape index (κ2) is 14.5. The minimum absolute atomic E-state index is 0.524. The molecule has 0 bridgehead atoms. The van der Waals surface area contributed by atoms with E-state index in [1.165, 1.54) is 114 Å². The molecule has 0 saturated heterocycles. The predicted octanol–water partition coefficient (Wildman–Crippen LogP) is 16.6. The van der Waals surface area contributed by atoms with Crippen molar-refractivity contribution < 1.29 is 0 Å². The van der Waals surface area contributed by atoms with Gasteiger partial charge in [-0.3, -0.25) is 0 Å². The molecule has 2 nitrogen and oxygen atoms in total. The number of benzene rings is 10. The van der Waals surface area contributed by atoms with Gasteiger partial charge in [-0.1, -0.05) is 164 Å².